The fraction of sp³-hybridized carbons (Fsp3) is 0.952. The number of hydrogen-bond donors (Lipinski definition) is 4. The molecule has 0 spiro atoms. The van der Waals surface area contributed by atoms with E-state index in [-0.39, 0.29) is 41.5 Å². The summed E-state index contributed by atoms with van der Waals surface area (Å²) in [6, 6.07) is 0. The SMILES string of the molecule is C[C@]12CC[C@@H](O)C[C@H]1CC[C@H]1[C@H]3CC[C@](O)([C@H](O)CO)[C@@]3(C)CC(=O)[C@@H]12. The fourth-order valence-corrected chi connectivity index (χ4v) is 7.79. The number of aliphatic hydroxyl groups is 4. The molecule has 4 saturated carbocycles. The van der Waals surface area contributed by atoms with Gasteiger partial charge in [-0.2, -0.15) is 0 Å². The third kappa shape index (κ3) is 2.27. The molecule has 0 saturated heterocycles. The number of hydrogen-bond acceptors (Lipinski definition) is 5. The van der Waals surface area contributed by atoms with Gasteiger partial charge >= 0.3 is 0 Å². The lowest BCUT2D eigenvalue weighted by atomic mass is 9.44. The standard InChI is InChI=1S/C21H34O5/c1-19-7-5-13(23)9-12(19)3-4-14-15-6-8-21(26,17(25)11-22)20(15,2)10-16(24)18(14)19/h12-15,17-18,22-23,25-26H,3-11H2,1-2H3/t12-,13-,14+,15-,17-,18-,19+,20+,21+/m1/s1. The van der Waals surface area contributed by atoms with Crippen LogP contribution in [0, 0.1) is 34.5 Å². The Kier molecular flexibility index (Phi) is 4.35. The number of carbonyl (C=O) groups excluding carboxylic acids is 1. The molecule has 4 rings (SSSR count). The van der Waals surface area contributed by atoms with Crippen molar-refractivity contribution in [1.82, 2.24) is 0 Å². The normalized spacial score (nSPS) is 55.0. The van der Waals surface area contributed by atoms with E-state index in [9.17, 15) is 25.2 Å². The van der Waals surface area contributed by atoms with Crippen molar-refractivity contribution in [2.75, 3.05) is 6.61 Å². The Balaban J connectivity index is 1.69. The second kappa shape index (κ2) is 6.00. The van der Waals surface area contributed by atoms with Crippen molar-refractivity contribution in [2.45, 2.75) is 83.0 Å². The zero-order chi connectivity index (χ0) is 18.9. The van der Waals surface area contributed by atoms with Gasteiger partial charge in [0, 0.05) is 17.8 Å². The van der Waals surface area contributed by atoms with Gasteiger partial charge in [-0.25, -0.2) is 0 Å². The molecule has 148 valence electrons. The minimum atomic E-state index is -1.38. The van der Waals surface area contributed by atoms with E-state index >= 15 is 0 Å². The average molecular weight is 366 g/mol. The topological polar surface area (TPSA) is 98.0 Å². The van der Waals surface area contributed by atoms with Gasteiger partial charge in [-0.05, 0) is 68.1 Å². The first-order valence-corrected chi connectivity index (χ1v) is 10.4. The van der Waals surface area contributed by atoms with Gasteiger partial charge in [0.1, 0.15) is 11.9 Å². The van der Waals surface area contributed by atoms with Crippen molar-refractivity contribution in [3.8, 4) is 0 Å². The van der Waals surface area contributed by atoms with E-state index in [1.807, 2.05) is 6.92 Å². The highest BCUT2D eigenvalue weighted by Gasteiger charge is 2.68. The summed E-state index contributed by atoms with van der Waals surface area (Å²) in [5.41, 5.74) is -2.09. The van der Waals surface area contributed by atoms with Gasteiger partial charge in [-0.1, -0.05) is 13.8 Å². The molecule has 0 aromatic heterocycles. The average Bonchev–Trinajstić information content (AvgIpc) is 2.86. The molecule has 0 aromatic rings. The molecule has 5 heteroatoms. The summed E-state index contributed by atoms with van der Waals surface area (Å²) in [7, 11) is 0. The lowest BCUT2D eigenvalue weighted by Gasteiger charge is -2.60. The third-order valence-electron chi connectivity index (χ3n) is 9.27. The Hall–Kier alpha value is -0.490. The van der Waals surface area contributed by atoms with Gasteiger partial charge < -0.3 is 20.4 Å². The summed E-state index contributed by atoms with van der Waals surface area (Å²) >= 11 is 0. The molecule has 4 N–H and O–H groups in total. The summed E-state index contributed by atoms with van der Waals surface area (Å²) in [5, 5.41) is 41.2. The predicted octanol–water partition coefficient (Wildman–Crippen LogP) is 1.65. The predicted molar refractivity (Wildman–Crippen MR) is 96.2 cm³/mol. The second-order valence-electron chi connectivity index (χ2n) is 10.2. The van der Waals surface area contributed by atoms with Gasteiger partial charge in [0.15, 0.2) is 0 Å². The van der Waals surface area contributed by atoms with Gasteiger partial charge in [0.2, 0.25) is 0 Å². The smallest absolute Gasteiger partial charge is 0.137 e. The van der Waals surface area contributed by atoms with Crippen molar-refractivity contribution in [3.05, 3.63) is 0 Å². The fourth-order valence-electron chi connectivity index (χ4n) is 7.79. The van der Waals surface area contributed by atoms with Crippen molar-refractivity contribution in [3.63, 3.8) is 0 Å². The molecule has 0 aromatic carbocycles. The maximum atomic E-state index is 13.4. The van der Waals surface area contributed by atoms with E-state index in [4.69, 9.17) is 0 Å². The summed E-state index contributed by atoms with van der Waals surface area (Å²) in [6.45, 7) is 3.74. The van der Waals surface area contributed by atoms with Gasteiger partial charge in [0.25, 0.3) is 0 Å². The lowest BCUT2D eigenvalue weighted by Crippen LogP contribution is -2.63. The number of aliphatic hydroxyl groups excluding tert-OH is 3. The minimum Gasteiger partial charge on any atom is -0.394 e. The van der Waals surface area contributed by atoms with Crippen LogP contribution in [0.25, 0.3) is 0 Å². The van der Waals surface area contributed by atoms with E-state index in [1.165, 1.54) is 0 Å². The monoisotopic (exact) mass is 366 g/mol. The van der Waals surface area contributed by atoms with Crippen LogP contribution in [0.1, 0.15) is 65.2 Å². The Morgan fingerprint density at radius 3 is 2.58 bits per heavy atom. The van der Waals surface area contributed by atoms with Crippen molar-refractivity contribution in [1.29, 1.82) is 0 Å². The summed E-state index contributed by atoms with van der Waals surface area (Å²) in [6.07, 6.45) is 4.61. The molecule has 4 fully saturated rings. The first-order valence-electron chi connectivity index (χ1n) is 10.4. The van der Waals surface area contributed by atoms with Crippen LogP contribution in [0.15, 0.2) is 0 Å². The zero-order valence-corrected chi connectivity index (χ0v) is 16.0. The molecule has 0 unspecified atom stereocenters. The molecule has 0 aliphatic heterocycles. The molecule has 9 atom stereocenters. The van der Waals surface area contributed by atoms with Gasteiger partial charge in [-0.15, -0.1) is 0 Å². The van der Waals surface area contributed by atoms with Crippen LogP contribution >= 0.6 is 0 Å². The van der Waals surface area contributed by atoms with Crippen molar-refractivity contribution < 1.29 is 25.2 Å². The van der Waals surface area contributed by atoms with Crippen LogP contribution in [0.2, 0.25) is 0 Å². The molecule has 0 heterocycles. The number of fused-ring (bicyclic) bond motifs is 5. The van der Waals surface area contributed by atoms with E-state index in [0.717, 1.165) is 38.5 Å². The first kappa shape index (κ1) is 18.9. The highest BCUT2D eigenvalue weighted by molar-refractivity contribution is 5.84. The number of Topliss-reactive ketones (excluding diaryl/α,β-unsaturated/α-hetero) is 1. The Morgan fingerprint density at radius 2 is 1.88 bits per heavy atom. The van der Waals surface area contributed by atoms with Crippen LogP contribution in [0.5, 0.6) is 0 Å². The Morgan fingerprint density at radius 1 is 1.15 bits per heavy atom. The molecule has 4 aliphatic rings. The lowest BCUT2D eigenvalue weighted by molar-refractivity contribution is -0.196. The first-order chi connectivity index (χ1) is 12.2. The van der Waals surface area contributed by atoms with E-state index in [2.05, 4.69) is 6.92 Å². The van der Waals surface area contributed by atoms with Crippen LogP contribution in [0.4, 0.5) is 0 Å². The molecular formula is C21H34O5. The minimum absolute atomic E-state index is 0.0143. The molecule has 5 nitrogen and oxygen atoms in total. The molecule has 4 aliphatic carbocycles. The highest BCUT2D eigenvalue weighted by Crippen LogP contribution is 2.67. The molecule has 26 heavy (non-hydrogen) atoms. The van der Waals surface area contributed by atoms with Gasteiger partial charge in [0.05, 0.1) is 18.3 Å². The van der Waals surface area contributed by atoms with Crippen molar-refractivity contribution in [2.24, 2.45) is 34.5 Å². The van der Waals surface area contributed by atoms with Crippen LogP contribution in [-0.2, 0) is 4.79 Å². The van der Waals surface area contributed by atoms with Crippen LogP contribution in [0.3, 0.4) is 0 Å². The summed E-state index contributed by atoms with van der Waals surface area (Å²) in [4.78, 5) is 13.4. The van der Waals surface area contributed by atoms with E-state index in [0.29, 0.717) is 12.3 Å². The number of ketones is 1. The summed E-state index contributed by atoms with van der Waals surface area (Å²) < 4.78 is 0. The van der Waals surface area contributed by atoms with E-state index in [1.54, 1.807) is 0 Å². The summed E-state index contributed by atoms with van der Waals surface area (Å²) in [5.74, 6) is 1.10. The Bertz CT molecular complexity index is 593. The number of carbonyl (C=O) groups is 1. The molecular weight excluding hydrogens is 332 g/mol. The maximum Gasteiger partial charge on any atom is 0.137 e. The van der Waals surface area contributed by atoms with E-state index < -0.39 is 23.7 Å². The quantitative estimate of drug-likeness (QED) is 0.596. The third-order valence-corrected chi connectivity index (χ3v) is 9.27. The molecule has 0 radical (unpaired) electrons. The van der Waals surface area contributed by atoms with Crippen LogP contribution < -0.4 is 0 Å². The van der Waals surface area contributed by atoms with Crippen molar-refractivity contribution >= 4 is 5.78 Å². The molecule has 0 bridgehead atoms. The highest BCUT2D eigenvalue weighted by atomic mass is 16.4. The van der Waals surface area contributed by atoms with Gasteiger partial charge in [-0.3, -0.25) is 4.79 Å². The number of rotatable bonds is 2. The largest absolute Gasteiger partial charge is 0.394 e. The zero-order valence-electron chi connectivity index (χ0n) is 16.0. The Labute approximate surface area is 155 Å². The maximum absolute atomic E-state index is 13.4. The second-order valence-corrected chi connectivity index (χ2v) is 10.2. The molecule has 0 amide bonds. The van der Waals surface area contributed by atoms with Crippen LogP contribution in [-0.4, -0.2) is 50.6 Å².